The third kappa shape index (κ3) is 4.07. The van der Waals surface area contributed by atoms with E-state index in [-0.39, 0.29) is 12.7 Å². The van der Waals surface area contributed by atoms with Crippen LogP contribution in [0, 0.1) is 0 Å². The average Bonchev–Trinajstić information content (AvgIpc) is 3.25. The Morgan fingerprint density at radius 1 is 0.935 bits per heavy atom. The number of hydrogen-bond donors (Lipinski definition) is 1. The summed E-state index contributed by atoms with van der Waals surface area (Å²) in [7, 11) is 0. The zero-order valence-corrected chi connectivity index (χ0v) is 16.9. The molecule has 3 aromatic rings. The quantitative estimate of drug-likeness (QED) is 0.669. The van der Waals surface area contributed by atoms with Gasteiger partial charge in [-0.05, 0) is 48.9 Å². The van der Waals surface area contributed by atoms with Gasteiger partial charge in [-0.1, -0.05) is 24.3 Å². The maximum Gasteiger partial charge on any atom is 0.269 e. The smallest absolute Gasteiger partial charge is 0.269 e. The van der Waals surface area contributed by atoms with Crippen molar-refractivity contribution in [2.45, 2.75) is 25.7 Å². The van der Waals surface area contributed by atoms with E-state index < -0.39 is 12.2 Å². The second-order valence-electron chi connectivity index (χ2n) is 7.30. The molecule has 7 nitrogen and oxygen atoms in total. The molecule has 1 amide bonds. The number of hydrogen-bond acceptors (Lipinski definition) is 6. The Balaban J connectivity index is 1.22. The summed E-state index contributed by atoms with van der Waals surface area (Å²) in [5.74, 6) is 3.00. The molecule has 0 spiro atoms. The second-order valence-corrected chi connectivity index (χ2v) is 7.30. The summed E-state index contributed by atoms with van der Waals surface area (Å²) in [4.78, 5) is 12.8. The number of amides is 1. The van der Waals surface area contributed by atoms with Crippen LogP contribution in [0.5, 0.6) is 28.7 Å². The fraction of sp³-hybridized carbons (Fsp3) is 0.208. The van der Waals surface area contributed by atoms with Gasteiger partial charge in [0, 0.05) is 11.8 Å². The van der Waals surface area contributed by atoms with Gasteiger partial charge in [0.25, 0.3) is 5.91 Å². The zero-order chi connectivity index (χ0) is 21.2. The molecule has 2 unspecified atom stereocenters. The summed E-state index contributed by atoms with van der Waals surface area (Å²) in [5, 5.41) is 2.91. The molecule has 31 heavy (non-hydrogen) atoms. The van der Waals surface area contributed by atoms with Crippen molar-refractivity contribution in [3.63, 3.8) is 0 Å². The van der Waals surface area contributed by atoms with Crippen molar-refractivity contribution in [2.24, 2.45) is 0 Å². The van der Waals surface area contributed by atoms with Crippen LogP contribution in [0.4, 0.5) is 5.69 Å². The van der Waals surface area contributed by atoms with Crippen LogP contribution in [0.15, 0.2) is 66.7 Å². The van der Waals surface area contributed by atoms with Gasteiger partial charge in [-0.25, -0.2) is 0 Å². The monoisotopic (exact) mass is 419 g/mol. The number of rotatable bonds is 5. The Morgan fingerprint density at radius 3 is 2.61 bits per heavy atom. The molecule has 0 saturated heterocycles. The minimum absolute atomic E-state index is 0.223. The average molecular weight is 419 g/mol. The van der Waals surface area contributed by atoms with E-state index in [2.05, 4.69) is 5.32 Å². The Kier molecular flexibility index (Phi) is 5.00. The van der Waals surface area contributed by atoms with Gasteiger partial charge in [0.2, 0.25) is 12.9 Å². The van der Waals surface area contributed by atoms with Gasteiger partial charge in [-0.3, -0.25) is 4.79 Å². The fourth-order valence-electron chi connectivity index (χ4n) is 3.49. The number of carbonyl (C=O) groups excluding carboxylic acids is 1. The van der Waals surface area contributed by atoms with E-state index in [1.54, 1.807) is 12.1 Å². The lowest BCUT2D eigenvalue weighted by atomic mass is 10.1. The molecule has 3 aromatic carbocycles. The van der Waals surface area contributed by atoms with Gasteiger partial charge < -0.3 is 29.0 Å². The number of benzene rings is 3. The molecule has 158 valence electrons. The lowest BCUT2D eigenvalue weighted by Gasteiger charge is -2.31. The van der Waals surface area contributed by atoms with Crippen LogP contribution in [-0.2, 0) is 11.4 Å². The second kappa shape index (κ2) is 8.10. The van der Waals surface area contributed by atoms with Gasteiger partial charge in [0.05, 0.1) is 0 Å². The largest absolute Gasteiger partial charge is 0.489 e. The van der Waals surface area contributed by atoms with Crippen molar-refractivity contribution in [2.75, 3.05) is 12.1 Å². The number of anilines is 1. The van der Waals surface area contributed by atoms with Crippen LogP contribution in [-0.4, -0.2) is 24.9 Å². The molecule has 2 aliphatic heterocycles. The Hall–Kier alpha value is -3.87. The first-order chi connectivity index (χ1) is 15.2. The van der Waals surface area contributed by atoms with E-state index in [0.717, 1.165) is 5.56 Å². The lowest BCUT2D eigenvalue weighted by Crippen LogP contribution is -2.46. The van der Waals surface area contributed by atoms with Crippen LogP contribution in [0.25, 0.3) is 0 Å². The predicted octanol–water partition coefficient (Wildman–Crippen LogP) is 4.16. The topological polar surface area (TPSA) is 75.3 Å². The van der Waals surface area contributed by atoms with Crippen LogP contribution in [0.3, 0.4) is 0 Å². The molecule has 2 atom stereocenters. The summed E-state index contributed by atoms with van der Waals surface area (Å²) >= 11 is 0. The van der Waals surface area contributed by atoms with Crippen molar-refractivity contribution in [1.82, 2.24) is 0 Å². The summed E-state index contributed by atoms with van der Waals surface area (Å²) in [6, 6.07) is 20.3. The van der Waals surface area contributed by atoms with Gasteiger partial charge in [0.15, 0.2) is 23.0 Å². The lowest BCUT2D eigenvalue weighted by molar-refractivity contribution is -0.128. The molecule has 0 bridgehead atoms. The summed E-state index contributed by atoms with van der Waals surface area (Å²) < 4.78 is 28.2. The maximum absolute atomic E-state index is 12.8. The molecule has 0 fully saturated rings. The summed E-state index contributed by atoms with van der Waals surface area (Å²) in [6.07, 6.45) is -1.16. The molecule has 5 rings (SSSR count). The highest BCUT2D eigenvalue weighted by atomic mass is 16.7. The number of ether oxygens (including phenoxy) is 5. The molecule has 2 aliphatic rings. The first kappa shape index (κ1) is 19.1. The fourth-order valence-corrected chi connectivity index (χ4v) is 3.49. The molecular formula is C24H21NO6. The molecular weight excluding hydrogens is 398 g/mol. The van der Waals surface area contributed by atoms with E-state index in [1.165, 1.54) is 0 Å². The number of fused-ring (bicyclic) bond motifs is 2. The van der Waals surface area contributed by atoms with E-state index >= 15 is 0 Å². The van der Waals surface area contributed by atoms with Gasteiger partial charge in [0.1, 0.15) is 18.5 Å². The van der Waals surface area contributed by atoms with E-state index in [1.807, 2.05) is 61.5 Å². The highest BCUT2D eigenvalue weighted by Gasteiger charge is 2.34. The Labute approximate surface area is 179 Å². The predicted molar refractivity (Wildman–Crippen MR) is 113 cm³/mol. The number of para-hydroxylation sites is 2. The van der Waals surface area contributed by atoms with Crippen LogP contribution >= 0.6 is 0 Å². The minimum Gasteiger partial charge on any atom is -0.489 e. The molecule has 0 radical (unpaired) electrons. The van der Waals surface area contributed by atoms with Crippen LogP contribution < -0.4 is 29.0 Å². The van der Waals surface area contributed by atoms with Crippen molar-refractivity contribution < 1.29 is 28.5 Å². The van der Waals surface area contributed by atoms with E-state index in [0.29, 0.717) is 41.0 Å². The van der Waals surface area contributed by atoms with Crippen molar-refractivity contribution in [3.8, 4) is 28.7 Å². The third-order valence-corrected chi connectivity index (χ3v) is 5.04. The molecule has 0 aliphatic carbocycles. The van der Waals surface area contributed by atoms with Crippen molar-refractivity contribution >= 4 is 11.6 Å². The number of nitrogens with one attached hydrogen (secondary N) is 1. The summed E-state index contributed by atoms with van der Waals surface area (Å²) in [5.41, 5.74) is 1.57. The molecule has 1 N–H and O–H groups in total. The first-order valence-corrected chi connectivity index (χ1v) is 10.0. The zero-order valence-electron chi connectivity index (χ0n) is 16.9. The molecule has 7 heteroatoms. The standard InChI is InChI=1S/C24H21NO6/c1-15-23(31-21-8-3-2-7-20(21)30-15)24(26)25-17-6-4-5-16(11-17)13-27-18-9-10-19-22(12-18)29-14-28-19/h2-12,15,23H,13-14H2,1H3,(H,25,26). The van der Waals surface area contributed by atoms with Crippen molar-refractivity contribution in [3.05, 3.63) is 72.3 Å². The molecule has 2 heterocycles. The maximum atomic E-state index is 12.8. The van der Waals surface area contributed by atoms with E-state index in [4.69, 9.17) is 23.7 Å². The van der Waals surface area contributed by atoms with Crippen LogP contribution in [0.2, 0.25) is 0 Å². The SMILES string of the molecule is CC1Oc2ccccc2OC1C(=O)Nc1cccc(COc2ccc3c(c2)OCO3)c1. The van der Waals surface area contributed by atoms with Crippen molar-refractivity contribution in [1.29, 1.82) is 0 Å². The molecule has 0 aromatic heterocycles. The Morgan fingerprint density at radius 2 is 1.74 bits per heavy atom. The van der Waals surface area contributed by atoms with Gasteiger partial charge >= 0.3 is 0 Å². The third-order valence-electron chi connectivity index (χ3n) is 5.04. The van der Waals surface area contributed by atoms with E-state index in [9.17, 15) is 4.79 Å². The summed E-state index contributed by atoms with van der Waals surface area (Å²) in [6.45, 7) is 2.38. The first-order valence-electron chi connectivity index (χ1n) is 10.0. The number of carbonyl (C=O) groups is 1. The van der Waals surface area contributed by atoms with Crippen LogP contribution in [0.1, 0.15) is 12.5 Å². The highest BCUT2D eigenvalue weighted by Crippen LogP contribution is 2.36. The minimum atomic E-state index is -0.747. The normalized spacial score (nSPS) is 18.4. The Bertz CT molecular complexity index is 1110. The van der Waals surface area contributed by atoms with Gasteiger partial charge in [-0.15, -0.1) is 0 Å². The highest BCUT2D eigenvalue weighted by molar-refractivity contribution is 5.95. The van der Waals surface area contributed by atoms with Gasteiger partial charge in [-0.2, -0.15) is 0 Å². The molecule has 0 saturated carbocycles.